The standard InChI is InChI=1S/C9H11Br2N/c1-6(2)9(11)7-3-8(10)5-12-4-7/h3-6,9H,1-2H3. The molecule has 1 nitrogen and oxygen atoms in total. The van der Waals surface area contributed by atoms with E-state index in [1.54, 1.807) is 6.20 Å². The van der Waals surface area contributed by atoms with Crippen molar-refractivity contribution in [3.8, 4) is 0 Å². The highest BCUT2D eigenvalue weighted by molar-refractivity contribution is 9.10. The third kappa shape index (κ3) is 2.56. The quantitative estimate of drug-likeness (QED) is 0.753. The summed E-state index contributed by atoms with van der Waals surface area (Å²) in [4.78, 5) is 4.50. The highest BCUT2D eigenvalue weighted by Gasteiger charge is 2.11. The molecular formula is C9H11Br2N. The Labute approximate surface area is 89.8 Å². The molecule has 0 radical (unpaired) electrons. The first-order valence-electron chi connectivity index (χ1n) is 3.86. The van der Waals surface area contributed by atoms with Gasteiger partial charge in [-0.3, -0.25) is 4.98 Å². The Hall–Kier alpha value is 0.110. The maximum absolute atomic E-state index is 4.11. The third-order valence-corrected chi connectivity index (χ3v) is 3.65. The Morgan fingerprint density at radius 2 is 2.00 bits per heavy atom. The normalized spacial score (nSPS) is 13.4. The van der Waals surface area contributed by atoms with Crippen LogP contribution in [-0.4, -0.2) is 4.98 Å². The van der Waals surface area contributed by atoms with Crippen molar-refractivity contribution in [2.24, 2.45) is 5.92 Å². The molecule has 0 aliphatic heterocycles. The summed E-state index contributed by atoms with van der Waals surface area (Å²) in [6.07, 6.45) is 3.69. The molecule has 1 aromatic heterocycles. The number of nitrogens with zero attached hydrogens (tertiary/aromatic N) is 1. The van der Waals surface area contributed by atoms with Crippen molar-refractivity contribution < 1.29 is 0 Å². The van der Waals surface area contributed by atoms with E-state index in [0.717, 1.165) is 4.47 Å². The fourth-order valence-corrected chi connectivity index (χ4v) is 1.60. The molecule has 0 aromatic carbocycles. The summed E-state index contributed by atoms with van der Waals surface area (Å²) >= 11 is 7.02. The van der Waals surface area contributed by atoms with Crippen molar-refractivity contribution >= 4 is 31.9 Å². The van der Waals surface area contributed by atoms with Gasteiger partial charge in [-0.15, -0.1) is 0 Å². The fourth-order valence-electron chi connectivity index (χ4n) is 0.964. The van der Waals surface area contributed by atoms with E-state index in [9.17, 15) is 0 Å². The number of hydrogen-bond donors (Lipinski definition) is 0. The lowest BCUT2D eigenvalue weighted by molar-refractivity contribution is 0.639. The molecule has 1 heterocycles. The van der Waals surface area contributed by atoms with Crippen molar-refractivity contribution in [3.63, 3.8) is 0 Å². The van der Waals surface area contributed by atoms with Crippen LogP contribution in [0.15, 0.2) is 22.9 Å². The van der Waals surface area contributed by atoms with Crippen molar-refractivity contribution in [1.29, 1.82) is 0 Å². The van der Waals surface area contributed by atoms with Crippen LogP contribution in [0, 0.1) is 5.92 Å². The van der Waals surface area contributed by atoms with E-state index in [2.05, 4.69) is 56.8 Å². The lowest BCUT2D eigenvalue weighted by atomic mass is 10.1. The van der Waals surface area contributed by atoms with E-state index >= 15 is 0 Å². The Kier molecular flexibility index (Phi) is 3.72. The molecule has 12 heavy (non-hydrogen) atoms. The predicted molar refractivity (Wildman–Crippen MR) is 58.4 cm³/mol. The van der Waals surface area contributed by atoms with E-state index in [4.69, 9.17) is 0 Å². The van der Waals surface area contributed by atoms with Gasteiger partial charge in [0.05, 0.1) is 0 Å². The van der Waals surface area contributed by atoms with Gasteiger partial charge in [0.25, 0.3) is 0 Å². The number of hydrogen-bond acceptors (Lipinski definition) is 1. The number of aromatic nitrogens is 1. The van der Waals surface area contributed by atoms with Crippen LogP contribution in [0.5, 0.6) is 0 Å². The van der Waals surface area contributed by atoms with Gasteiger partial charge in [-0.25, -0.2) is 0 Å². The van der Waals surface area contributed by atoms with Gasteiger partial charge in [0.15, 0.2) is 0 Å². The SMILES string of the molecule is CC(C)C(Br)c1cncc(Br)c1. The minimum Gasteiger partial charge on any atom is -0.263 e. The molecule has 1 rings (SSSR count). The minimum atomic E-state index is 0.391. The lowest BCUT2D eigenvalue weighted by Crippen LogP contribution is -1.98. The average molecular weight is 293 g/mol. The van der Waals surface area contributed by atoms with Crippen LogP contribution in [0.25, 0.3) is 0 Å². The second-order valence-corrected chi connectivity index (χ2v) is 4.98. The summed E-state index contributed by atoms with van der Waals surface area (Å²) in [5.74, 6) is 0.584. The Bertz CT molecular complexity index is 260. The first kappa shape index (κ1) is 10.2. The Balaban J connectivity index is 2.88. The summed E-state index contributed by atoms with van der Waals surface area (Å²) < 4.78 is 1.03. The average Bonchev–Trinajstić information content (AvgIpc) is 2.03. The third-order valence-electron chi connectivity index (χ3n) is 1.63. The zero-order valence-electron chi connectivity index (χ0n) is 7.09. The fraction of sp³-hybridized carbons (Fsp3) is 0.444. The van der Waals surface area contributed by atoms with Gasteiger partial charge in [0, 0.05) is 21.7 Å². The molecule has 1 unspecified atom stereocenters. The van der Waals surface area contributed by atoms with Crippen LogP contribution in [0.3, 0.4) is 0 Å². The Morgan fingerprint density at radius 1 is 1.33 bits per heavy atom. The summed E-state index contributed by atoms with van der Waals surface area (Å²) in [6, 6.07) is 2.09. The van der Waals surface area contributed by atoms with Gasteiger partial charge in [-0.05, 0) is 33.5 Å². The molecule has 0 aliphatic carbocycles. The first-order valence-corrected chi connectivity index (χ1v) is 5.56. The second kappa shape index (κ2) is 4.38. The largest absolute Gasteiger partial charge is 0.263 e. The van der Waals surface area contributed by atoms with E-state index in [1.165, 1.54) is 5.56 Å². The van der Waals surface area contributed by atoms with Gasteiger partial charge in [-0.2, -0.15) is 0 Å². The first-order chi connectivity index (χ1) is 5.61. The predicted octanol–water partition coefficient (Wildman–Crippen LogP) is 3.94. The van der Waals surface area contributed by atoms with Gasteiger partial charge in [0.2, 0.25) is 0 Å². The monoisotopic (exact) mass is 291 g/mol. The summed E-state index contributed by atoms with van der Waals surface area (Å²) in [7, 11) is 0. The molecule has 0 bridgehead atoms. The van der Waals surface area contributed by atoms with Gasteiger partial charge < -0.3 is 0 Å². The number of rotatable bonds is 2. The van der Waals surface area contributed by atoms with Crippen LogP contribution in [0.1, 0.15) is 24.2 Å². The second-order valence-electron chi connectivity index (χ2n) is 3.08. The molecule has 1 atom stereocenters. The molecule has 0 saturated carbocycles. The molecule has 0 spiro atoms. The molecule has 0 fully saturated rings. The molecule has 0 amide bonds. The van der Waals surface area contributed by atoms with Crippen LogP contribution in [0.4, 0.5) is 0 Å². The van der Waals surface area contributed by atoms with Gasteiger partial charge in [0.1, 0.15) is 0 Å². The maximum atomic E-state index is 4.11. The molecule has 3 heteroatoms. The zero-order valence-corrected chi connectivity index (χ0v) is 10.3. The van der Waals surface area contributed by atoms with Crippen molar-refractivity contribution in [1.82, 2.24) is 4.98 Å². The molecular weight excluding hydrogens is 282 g/mol. The highest BCUT2D eigenvalue weighted by Crippen LogP contribution is 2.30. The van der Waals surface area contributed by atoms with Crippen LogP contribution >= 0.6 is 31.9 Å². The molecule has 0 N–H and O–H groups in total. The van der Waals surface area contributed by atoms with Crippen molar-refractivity contribution in [2.75, 3.05) is 0 Å². The van der Waals surface area contributed by atoms with E-state index < -0.39 is 0 Å². The van der Waals surface area contributed by atoms with Crippen molar-refractivity contribution in [2.45, 2.75) is 18.7 Å². The molecule has 0 saturated heterocycles. The van der Waals surface area contributed by atoms with E-state index in [-0.39, 0.29) is 0 Å². The molecule has 66 valence electrons. The zero-order chi connectivity index (χ0) is 9.14. The topological polar surface area (TPSA) is 12.9 Å². The lowest BCUT2D eigenvalue weighted by Gasteiger charge is -2.13. The summed E-state index contributed by atoms with van der Waals surface area (Å²) in [6.45, 7) is 4.36. The number of pyridine rings is 1. The smallest absolute Gasteiger partial charge is 0.0433 e. The van der Waals surface area contributed by atoms with E-state index in [0.29, 0.717) is 10.7 Å². The summed E-state index contributed by atoms with van der Waals surface area (Å²) in [5.41, 5.74) is 1.22. The number of alkyl halides is 1. The van der Waals surface area contributed by atoms with Gasteiger partial charge in [-0.1, -0.05) is 29.8 Å². The number of halogens is 2. The Morgan fingerprint density at radius 3 is 2.50 bits per heavy atom. The van der Waals surface area contributed by atoms with Crippen LogP contribution in [0.2, 0.25) is 0 Å². The maximum Gasteiger partial charge on any atom is 0.0433 e. The molecule has 0 aliphatic rings. The minimum absolute atomic E-state index is 0.391. The van der Waals surface area contributed by atoms with Gasteiger partial charge >= 0.3 is 0 Å². The van der Waals surface area contributed by atoms with Crippen LogP contribution < -0.4 is 0 Å². The van der Waals surface area contributed by atoms with Crippen LogP contribution in [-0.2, 0) is 0 Å². The highest BCUT2D eigenvalue weighted by atomic mass is 79.9. The van der Waals surface area contributed by atoms with Crippen molar-refractivity contribution in [3.05, 3.63) is 28.5 Å². The van der Waals surface area contributed by atoms with E-state index in [1.807, 2.05) is 6.20 Å². The molecule has 1 aromatic rings. The summed E-state index contributed by atoms with van der Waals surface area (Å²) in [5, 5.41) is 0.